The number of methoxy groups -OCH3 is 1. The standard InChI is InChI=1S/C9H13ClN2O/c1-5(2)8-7(11)4-6(10)9(12-8)13-3/h4-5H,11H2,1-3H3. The van der Waals surface area contributed by atoms with Crippen molar-refractivity contribution >= 4 is 17.3 Å². The molecular formula is C9H13ClN2O. The Hall–Kier alpha value is -0.960. The van der Waals surface area contributed by atoms with Crippen LogP contribution in [0, 0.1) is 0 Å². The molecule has 0 fully saturated rings. The van der Waals surface area contributed by atoms with Gasteiger partial charge in [-0.05, 0) is 12.0 Å². The van der Waals surface area contributed by atoms with Gasteiger partial charge in [-0.3, -0.25) is 0 Å². The fourth-order valence-corrected chi connectivity index (χ4v) is 1.34. The van der Waals surface area contributed by atoms with E-state index in [0.717, 1.165) is 5.69 Å². The minimum atomic E-state index is 0.270. The Balaban J connectivity index is 3.22. The van der Waals surface area contributed by atoms with Crippen LogP contribution in [0.4, 0.5) is 5.69 Å². The van der Waals surface area contributed by atoms with Crippen molar-refractivity contribution in [3.8, 4) is 5.88 Å². The Morgan fingerprint density at radius 3 is 2.62 bits per heavy atom. The maximum atomic E-state index is 5.84. The number of nitrogens with two attached hydrogens (primary N) is 1. The SMILES string of the molecule is COc1nc(C(C)C)c(N)cc1Cl. The Morgan fingerprint density at radius 2 is 2.15 bits per heavy atom. The zero-order valence-corrected chi connectivity index (χ0v) is 8.72. The lowest BCUT2D eigenvalue weighted by atomic mass is 10.1. The number of hydrogen-bond donors (Lipinski definition) is 1. The number of halogens is 1. The lowest BCUT2D eigenvalue weighted by Gasteiger charge is -2.10. The molecule has 1 aromatic heterocycles. The highest BCUT2D eigenvalue weighted by molar-refractivity contribution is 6.32. The average Bonchev–Trinajstić information content (AvgIpc) is 2.03. The van der Waals surface area contributed by atoms with E-state index in [9.17, 15) is 0 Å². The van der Waals surface area contributed by atoms with Gasteiger partial charge in [0.1, 0.15) is 5.02 Å². The highest BCUT2D eigenvalue weighted by atomic mass is 35.5. The smallest absolute Gasteiger partial charge is 0.232 e. The molecule has 0 amide bonds. The molecule has 0 atom stereocenters. The monoisotopic (exact) mass is 200 g/mol. The summed E-state index contributed by atoms with van der Waals surface area (Å²) >= 11 is 5.84. The lowest BCUT2D eigenvalue weighted by molar-refractivity contribution is 0.396. The van der Waals surface area contributed by atoms with Gasteiger partial charge >= 0.3 is 0 Å². The van der Waals surface area contributed by atoms with Crippen molar-refractivity contribution in [2.75, 3.05) is 12.8 Å². The zero-order valence-electron chi connectivity index (χ0n) is 7.97. The topological polar surface area (TPSA) is 48.1 Å². The molecule has 0 radical (unpaired) electrons. The van der Waals surface area contributed by atoms with Crippen LogP contribution in [-0.2, 0) is 0 Å². The van der Waals surface area contributed by atoms with E-state index in [1.807, 2.05) is 13.8 Å². The summed E-state index contributed by atoms with van der Waals surface area (Å²) in [5.74, 6) is 0.700. The number of anilines is 1. The number of nitrogen functional groups attached to an aromatic ring is 1. The van der Waals surface area contributed by atoms with E-state index in [1.54, 1.807) is 6.07 Å². The highest BCUT2D eigenvalue weighted by Gasteiger charge is 2.11. The number of pyridine rings is 1. The third-order valence-corrected chi connectivity index (χ3v) is 2.02. The summed E-state index contributed by atoms with van der Waals surface area (Å²) in [5, 5.41) is 0.449. The second-order valence-corrected chi connectivity index (χ2v) is 3.52. The molecule has 3 nitrogen and oxygen atoms in total. The Kier molecular flexibility index (Phi) is 2.98. The van der Waals surface area contributed by atoms with E-state index in [4.69, 9.17) is 22.1 Å². The number of nitrogens with zero attached hydrogens (tertiary/aromatic N) is 1. The summed E-state index contributed by atoms with van der Waals surface area (Å²) < 4.78 is 4.99. The van der Waals surface area contributed by atoms with Crippen molar-refractivity contribution < 1.29 is 4.74 Å². The van der Waals surface area contributed by atoms with Crippen LogP contribution in [0.3, 0.4) is 0 Å². The molecule has 4 heteroatoms. The first-order chi connectivity index (χ1) is 6.06. The summed E-state index contributed by atoms with van der Waals surface area (Å²) in [4.78, 5) is 4.21. The minimum absolute atomic E-state index is 0.270. The van der Waals surface area contributed by atoms with Gasteiger partial charge in [0.25, 0.3) is 0 Å². The molecule has 0 aliphatic carbocycles. The summed E-state index contributed by atoms with van der Waals surface area (Å²) in [6.45, 7) is 4.04. The van der Waals surface area contributed by atoms with E-state index < -0.39 is 0 Å². The minimum Gasteiger partial charge on any atom is -0.480 e. The van der Waals surface area contributed by atoms with Crippen LogP contribution in [-0.4, -0.2) is 12.1 Å². The van der Waals surface area contributed by atoms with Crippen molar-refractivity contribution in [3.05, 3.63) is 16.8 Å². The maximum absolute atomic E-state index is 5.84. The molecule has 1 rings (SSSR count). The highest BCUT2D eigenvalue weighted by Crippen LogP contribution is 2.29. The molecule has 0 spiro atoms. The molecule has 0 unspecified atom stereocenters. The van der Waals surface area contributed by atoms with Gasteiger partial charge < -0.3 is 10.5 Å². The van der Waals surface area contributed by atoms with E-state index in [1.165, 1.54) is 7.11 Å². The first kappa shape index (κ1) is 10.1. The molecular weight excluding hydrogens is 188 g/mol. The predicted molar refractivity (Wildman–Crippen MR) is 54.3 cm³/mol. The van der Waals surface area contributed by atoms with Gasteiger partial charge in [-0.15, -0.1) is 0 Å². The second-order valence-electron chi connectivity index (χ2n) is 3.11. The fourth-order valence-electron chi connectivity index (χ4n) is 1.11. The summed E-state index contributed by atoms with van der Waals surface area (Å²) in [6.07, 6.45) is 0. The van der Waals surface area contributed by atoms with Gasteiger partial charge in [-0.25, -0.2) is 4.98 Å². The number of hydrogen-bond acceptors (Lipinski definition) is 3. The van der Waals surface area contributed by atoms with Crippen molar-refractivity contribution in [1.29, 1.82) is 0 Å². The number of aromatic nitrogens is 1. The van der Waals surface area contributed by atoms with Crippen LogP contribution in [0.1, 0.15) is 25.5 Å². The molecule has 13 heavy (non-hydrogen) atoms. The molecule has 0 bridgehead atoms. The largest absolute Gasteiger partial charge is 0.480 e. The molecule has 0 saturated carbocycles. The van der Waals surface area contributed by atoms with Crippen LogP contribution < -0.4 is 10.5 Å². The van der Waals surface area contributed by atoms with E-state index in [0.29, 0.717) is 16.6 Å². The van der Waals surface area contributed by atoms with Crippen LogP contribution >= 0.6 is 11.6 Å². The first-order valence-corrected chi connectivity index (χ1v) is 4.44. The third-order valence-electron chi connectivity index (χ3n) is 1.74. The predicted octanol–water partition coefficient (Wildman–Crippen LogP) is 2.45. The lowest BCUT2D eigenvalue weighted by Crippen LogP contribution is -2.02. The van der Waals surface area contributed by atoms with Crippen LogP contribution in [0.25, 0.3) is 0 Å². The third kappa shape index (κ3) is 2.04. The van der Waals surface area contributed by atoms with E-state index >= 15 is 0 Å². The molecule has 0 saturated heterocycles. The van der Waals surface area contributed by atoms with Crippen molar-refractivity contribution in [2.24, 2.45) is 0 Å². The van der Waals surface area contributed by atoms with Crippen molar-refractivity contribution in [1.82, 2.24) is 4.98 Å². The van der Waals surface area contributed by atoms with Gasteiger partial charge in [-0.2, -0.15) is 0 Å². The Bertz CT molecular complexity index is 313. The van der Waals surface area contributed by atoms with Gasteiger partial charge in [0.2, 0.25) is 5.88 Å². The molecule has 1 aromatic rings. The summed E-state index contributed by atoms with van der Waals surface area (Å²) in [5.41, 5.74) is 7.18. The first-order valence-electron chi connectivity index (χ1n) is 4.06. The average molecular weight is 201 g/mol. The Morgan fingerprint density at radius 1 is 1.54 bits per heavy atom. The van der Waals surface area contributed by atoms with Crippen LogP contribution in [0.5, 0.6) is 5.88 Å². The van der Waals surface area contributed by atoms with Gasteiger partial charge in [0.15, 0.2) is 0 Å². The summed E-state index contributed by atoms with van der Waals surface area (Å²) in [7, 11) is 1.54. The van der Waals surface area contributed by atoms with Crippen molar-refractivity contribution in [3.63, 3.8) is 0 Å². The second kappa shape index (κ2) is 3.83. The molecule has 0 aliphatic heterocycles. The van der Waals surface area contributed by atoms with E-state index in [-0.39, 0.29) is 5.92 Å². The molecule has 72 valence electrons. The molecule has 0 aromatic carbocycles. The molecule has 0 aliphatic rings. The van der Waals surface area contributed by atoms with Crippen molar-refractivity contribution in [2.45, 2.75) is 19.8 Å². The fraction of sp³-hybridized carbons (Fsp3) is 0.444. The zero-order chi connectivity index (χ0) is 10.0. The number of rotatable bonds is 2. The van der Waals surface area contributed by atoms with Gasteiger partial charge in [0.05, 0.1) is 18.5 Å². The van der Waals surface area contributed by atoms with E-state index in [2.05, 4.69) is 4.98 Å². The Labute approximate surface area is 82.9 Å². The normalized spacial score (nSPS) is 10.5. The molecule has 1 heterocycles. The maximum Gasteiger partial charge on any atom is 0.232 e. The quantitative estimate of drug-likeness (QED) is 0.798. The summed E-state index contributed by atoms with van der Waals surface area (Å²) in [6, 6.07) is 1.67. The van der Waals surface area contributed by atoms with Crippen LogP contribution in [0.2, 0.25) is 5.02 Å². The van der Waals surface area contributed by atoms with Gasteiger partial charge in [0, 0.05) is 0 Å². The molecule has 2 N–H and O–H groups in total. The van der Waals surface area contributed by atoms with Gasteiger partial charge in [-0.1, -0.05) is 25.4 Å². The number of ether oxygens (including phenoxy) is 1. The van der Waals surface area contributed by atoms with Crippen LogP contribution in [0.15, 0.2) is 6.07 Å².